The van der Waals surface area contributed by atoms with Gasteiger partial charge < -0.3 is 20.6 Å². The van der Waals surface area contributed by atoms with E-state index in [0.29, 0.717) is 22.6 Å². The van der Waals surface area contributed by atoms with Crippen LogP contribution in [0.4, 0.5) is 21.7 Å². The maximum Gasteiger partial charge on any atom is 0.278 e. The van der Waals surface area contributed by atoms with Crippen LogP contribution in [0.5, 0.6) is 0 Å². The topological polar surface area (TPSA) is 116 Å². The van der Waals surface area contributed by atoms with Crippen molar-refractivity contribution in [1.82, 2.24) is 29.7 Å². The second kappa shape index (κ2) is 10.1. The second-order valence-electron chi connectivity index (χ2n) is 9.18. The maximum atomic E-state index is 14.5. The summed E-state index contributed by atoms with van der Waals surface area (Å²) >= 11 is 0. The van der Waals surface area contributed by atoms with Gasteiger partial charge in [0.25, 0.3) is 5.56 Å². The van der Waals surface area contributed by atoms with Crippen molar-refractivity contribution in [3.63, 3.8) is 0 Å². The van der Waals surface area contributed by atoms with Crippen LogP contribution in [-0.2, 0) is 6.54 Å². The van der Waals surface area contributed by atoms with Crippen LogP contribution in [0.15, 0.2) is 59.1 Å². The number of halogens is 1. The van der Waals surface area contributed by atoms with Crippen molar-refractivity contribution in [2.24, 2.45) is 5.10 Å². The Labute approximate surface area is 213 Å². The molecule has 194 valence electrons. The fourth-order valence-corrected chi connectivity index (χ4v) is 4.49. The summed E-state index contributed by atoms with van der Waals surface area (Å²) in [7, 11) is 0. The molecule has 0 bridgehead atoms. The predicted octanol–water partition coefficient (Wildman–Crippen LogP) is 1.83. The van der Waals surface area contributed by atoms with Gasteiger partial charge in [-0.2, -0.15) is 10.1 Å². The quantitative estimate of drug-likeness (QED) is 0.433. The van der Waals surface area contributed by atoms with Crippen molar-refractivity contribution in [3.05, 3.63) is 65.4 Å². The third-order valence-electron chi connectivity index (χ3n) is 6.25. The molecule has 3 aromatic rings. The Morgan fingerprint density at radius 2 is 2.08 bits per heavy atom. The summed E-state index contributed by atoms with van der Waals surface area (Å²) in [5, 5.41) is 23.1. The predicted molar refractivity (Wildman–Crippen MR) is 142 cm³/mol. The number of hydrazone groups is 1. The normalized spacial score (nSPS) is 18.0. The molecule has 2 aromatic heterocycles. The average Bonchev–Trinajstić information content (AvgIpc) is 3.15. The third-order valence-corrected chi connectivity index (χ3v) is 6.25. The number of benzene rings is 1. The Morgan fingerprint density at radius 1 is 1.30 bits per heavy atom. The summed E-state index contributed by atoms with van der Waals surface area (Å²) in [6, 6.07) is 4.66. The number of hydrogen-bond donors (Lipinski definition) is 3. The van der Waals surface area contributed by atoms with E-state index in [0.717, 1.165) is 31.9 Å². The van der Waals surface area contributed by atoms with E-state index in [4.69, 9.17) is 0 Å². The van der Waals surface area contributed by atoms with E-state index >= 15 is 0 Å². The average molecular weight is 508 g/mol. The highest BCUT2D eigenvalue weighted by molar-refractivity contribution is 5.99. The summed E-state index contributed by atoms with van der Waals surface area (Å²) in [4.78, 5) is 24.2. The molecule has 1 aromatic carbocycles. The number of aliphatic hydroxyl groups is 1. The molecule has 1 fully saturated rings. The molecule has 4 heterocycles. The van der Waals surface area contributed by atoms with Gasteiger partial charge in [-0.3, -0.25) is 9.80 Å². The van der Waals surface area contributed by atoms with Gasteiger partial charge >= 0.3 is 0 Å². The van der Waals surface area contributed by atoms with Crippen LogP contribution in [-0.4, -0.2) is 73.7 Å². The molecular weight excluding hydrogens is 477 g/mol. The zero-order chi connectivity index (χ0) is 26.1. The van der Waals surface area contributed by atoms with Gasteiger partial charge in [0.2, 0.25) is 5.95 Å². The monoisotopic (exact) mass is 507 g/mol. The van der Waals surface area contributed by atoms with E-state index in [9.17, 15) is 14.3 Å². The lowest BCUT2D eigenvalue weighted by atomic mass is 10.2. The molecule has 2 aliphatic rings. The third kappa shape index (κ3) is 4.85. The Kier molecular flexibility index (Phi) is 6.76. The van der Waals surface area contributed by atoms with Crippen LogP contribution in [0.25, 0.3) is 11.0 Å². The van der Waals surface area contributed by atoms with Crippen molar-refractivity contribution < 1.29 is 9.50 Å². The summed E-state index contributed by atoms with van der Waals surface area (Å²) in [6.45, 7) is 11.0. The van der Waals surface area contributed by atoms with Gasteiger partial charge in [0, 0.05) is 49.8 Å². The first-order valence-electron chi connectivity index (χ1n) is 12.2. The molecule has 0 radical (unpaired) electrons. The maximum absolute atomic E-state index is 14.5. The minimum absolute atomic E-state index is 0.0823. The standard InChI is InChI=1S/C25H30FN9O2/c1-4-9-33-24(37)20-15-28-25(29-18-12-17(26)13-19(14-18)32-10-7-27-8-11-32)30-23(20)35(33)21-5-6-22(36)34(31-21)16(2)3/h4-6,12-16,22,27,36H,1,7-11H2,2-3H3,(H,28,29,30). The molecule has 0 amide bonds. The lowest BCUT2D eigenvalue weighted by molar-refractivity contribution is 0.0188. The highest BCUT2D eigenvalue weighted by Crippen LogP contribution is 2.25. The Balaban J connectivity index is 1.56. The van der Waals surface area contributed by atoms with E-state index in [1.165, 1.54) is 28.0 Å². The molecule has 1 unspecified atom stereocenters. The number of hydrogen-bond acceptors (Lipinski definition) is 9. The molecule has 3 N–H and O–H groups in total. The number of rotatable bonds is 6. The van der Waals surface area contributed by atoms with Crippen LogP contribution < -0.4 is 21.1 Å². The fourth-order valence-electron chi connectivity index (χ4n) is 4.49. The minimum Gasteiger partial charge on any atom is -0.369 e. The van der Waals surface area contributed by atoms with Crippen molar-refractivity contribution in [3.8, 4) is 0 Å². The van der Waals surface area contributed by atoms with E-state index in [1.807, 2.05) is 19.9 Å². The first-order valence-corrected chi connectivity index (χ1v) is 12.2. The first kappa shape index (κ1) is 24.7. The zero-order valence-corrected chi connectivity index (χ0v) is 20.8. The summed E-state index contributed by atoms with van der Waals surface area (Å²) in [6.07, 6.45) is 5.41. The van der Waals surface area contributed by atoms with E-state index in [2.05, 4.69) is 37.2 Å². The van der Waals surface area contributed by atoms with Crippen LogP contribution in [0.1, 0.15) is 13.8 Å². The molecule has 0 spiro atoms. The molecule has 2 aliphatic heterocycles. The van der Waals surface area contributed by atoms with E-state index in [1.54, 1.807) is 22.9 Å². The summed E-state index contributed by atoms with van der Waals surface area (Å²) < 4.78 is 17.5. The molecular formula is C25H30FN9O2. The van der Waals surface area contributed by atoms with Crippen LogP contribution >= 0.6 is 0 Å². The Hall–Kier alpha value is -4.03. The number of nitrogens with zero attached hydrogens (tertiary/aromatic N) is 7. The number of anilines is 3. The van der Waals surface area contributed by atoms with Gasteiger partial charge in [0.05, 0.1) is 6.54 Å². The van der Waals surface area contributed by atoms with Gasteiger partial charge in [-0.1, -0.05) is 6.08 Å². The largest absolute Gasteiger partial charge is 0.369 e. The SMILES string of the molecule is C=CCn1c(=O)c2cnc(Nc3cc(F)cc(N4CCNCC4)c3)nc2n1C1=NN(C(C)C)C(O)C=C1. The lowest BCUT2D eigenvalue weighted by Gasteiger charge is -2.30. The summed E-state index contributed by atoms with van der Waals surface area (Å²) in [5.74, 6) is 0.238. The molecule has 0 aliphatic carbocycles. The minimum atomic E-state index is -0.880. The molecule has 0 saturated carbocycles. The molecule has 1 saturated heterocycles. The zero-order valence-electron chi connectivity index (χ0n) is 20.8. The Morgan fingerprint density at radius 3 is 2.81 bits per heavy atom. The summed E-state index contributed by atoms with van der Waals surface area (Å²) in [5.41, 5.74) is 1.29. The number of fused-ring (bicyclic) bond motifs is 1. The van der Waals surface area contributed by atoms with Gasteiger partial charge in [-0.15, -0.1) is 6.58 Å². The molecule has 12 heteroatoms. The molecule has 1 atom stereocenters. The van der Waals surface area contributed by atoms with E-state index in [-0.39, 0.29) is 29.9 Å². The fraction of sp³-hybridized carbons (Fsp3) is 0.360. The van der Waals surface area contributed by atoms with Crippen LogP contribution in [0.3, 0.4) is 0 Å². The van der Waals surface area contributed by atoms with Crippen LogP contribution in [0.2, 0.25) is 0 Å². The lowest BCUT2D eigenvalue weighted by Crippen LogP contribution is -2.43. The smallest absolute Gasteiger partial charge is 0.278 e. The van der Waals surface area contributed by atoms with Gasteiger partial charge in [0.1, 0.15) is 11.2 Å². The number of aliphatic hydroxyl groups excluding tert-OH is 1. The van der Waals surface area contributed by atoms with E-state index < -0.39 is 6.23 Å². The van der Waals surface area contributed by atoms with Crippen molar-refractivity contribution in [2.45, 2.75) is 32.7 Å². The number of piperazine rings is 1. The second-order valence-corrected chi connectivity index (χ2v) is 9.18. The first-order chi connectivity index (χ1) is 17.9. The molecule has 37 heavy (non-hydrogen) atoms. The van der Waals surface area contributed by atoms with Crippen LogP contribution in [0, 0.1) is 5.82 Å². The number of nitrogens with one attached hydrogen (secondary N) is 2. The van der Waals surface area contributed by atoms with Crippen molar-refractivity contribution >= 4 is 34.2 Å². The van der Waals surface area contributed by atoms with Gasteiger partial charge in [-0.05, 0) is 44.2 Å². The Bertz CT molecular complexity index is 1440. The van der Waals surface area contributed by atoms with Gasteiger partial charge in [0.15, 0.2) is 17.7 Å². The van der Waals surface area contributed by atoms with Crippen molar-refractivity contribution in [2.75, 3.05) is 36.4 Å². The highest BCUT2D eigenvalue weighted by atomic mass is 19.1. The number of aromatic nitrogens is 4. The molecule has 5 rings (SSSR count). The van der Waals surface area contributed by atoms with Gasteiger partial charge in [-0.25, -0.2) is 18.7 Å². The van der Waals surface area contributed by atoms with Crippen molar-refractivity contribution in [1.29, 1.82) is 0 Å². The highest BCUT2D eigenvalue weighted by Gasteiger charge is 2.24. The number of allylic oxidation sites excluding steroid dienone is 2. The molecule has 11 nitrogen and oxygen atoms in total.